The Morgan fingerprint density at radius 1 is 1.43 bits per heavy atom. The number of hydrogen-bond acceptors (Lipinski definition) is 1. The normalized spacial score (nSPS) is 7.71. The van der Waals surface area contributed by atoms with Crippen LogP contribution in [0.2, 0.25) is 0 Å². The van der Waals surface area contributed by atoms with E-state index in [0.29, 0.717) is 0 Å². The van der Waals surface area contributed by atoms with Crippen LogP contribution in [0.15, 0.2) is 0 Å². The maximum atomic E-state index is 4.78. The van der Waals surface area contributed by atoms with Crippen LogP contribution in [-0.2, 0) is 4.74 Å². The summed E-state index contributed by atoms with van der Waals surface area (Å²) in [5.74, 6) is 0. The standard InChI is InChI=1S/C5H12O.Li.H/c1-3-4-5-6-2;;/h3-5H2,1-2H3;;. The van der Waals surface area contributed by atoms with Gasteiger partial charge in [-0.05, 0) is 6.42 Å². The van der Waals surface area contributed by atoms with Crippen LogP contribution >= 0.6 is 0 Å². The van der Waals surface area contributed by atoms with Gasteiger partial charge in [-0.2, -0.15) is 0 Å². The molecule has 0 N–H and O–H groups in total. The van der Waals surface area contributed by atoms with Gasteiger partial charge >= 0.3 is 18.9 Å². The van der Waals surface area contributed by atoms with Crippen molar-refractivity contribution in [2.24, 2.45) is 0 Å². The molecule has 0 fully saturated rings. The Kier molecular flexibility index (Phi) is 14.7. The van der Waals surface area contributed by atoms with Crippen LogP contribution in [0.5, 0.6) is 0 Å². The van der Waals surface area contributed by atoms with Crippen LogP contribution in [0.3, 0.4) is 0 Å². The van der Waals surface area contributed by atoms with E-state index in [1.54, 1.807) is 7.11 Å². The van der Waals surface area contributed by atoms with Crippen molar-refractivity contribution >= 4 is 18.9 Å². The molecule has 0 aromatic carbocycles. The Hall–Kier alpha value is 0.557. The zero-order chi connectivity index (χ0) is 4.83. The average molecular weight is 96.1 g/mol. The maximum absolute atomic E-state index is 4.78. The Bertz CT molecular complexity index is 20.0. The van der Waals surface area contributed by atoms with Crippen LogP contribution in [0.4, 0.5) is 0 Å². The van der Waals surface area contributed by atoms with E-state index in [4.69, 9.17) is 4.74 Å². The van der Waals surface area contributed by atoms with Crippen molar-refractivity contribution in [1.82, 2.24) is 0 Å². The van der Waals surface area contributed by atoms with E-state index in [0.717, 1.165) is 6.61 Å². The molecule has 0 rings (SSSR count). The molecule has 40 valence electrons. The molecule has 0 aliphatic rings. The van der Waals surface area contributed by atoms with Crippen molar-refractivity contribution in [1.29, 1.82) is 0 Å². The second kappa shape index (κ2) is 9.75. The molecular formula is C5H13LiO. The van der Waals surface area contributed by atoms with Crippen LogP contribution in [0.1, 0.15) is 19.8 Å². The van der Waals surface area contributed by atoms with Gasteiger partial charge in [-0.25, -0.2) is 0 Å². The molecule has 0 aromatic heterocycles. The van der Waals surface area contributed by atoms with E-state index < -0.39 is 0 Å². The summed E-state index contributed by atoms with van der Waals surface area (Å²) in [5.41, 5.74) is 0. The van der Waals surface area contributed by atoms with Gasteiger partial charge in [-0.1, -0.05) is 13.3 Å². The van der Waals surface area contributed by atoms with Crippen molar-refractivity contribution in [2.45, 2.75) is 19.8 Å². The monoisotopic (exact) mass is 96.1 g/mol. The average Bonchev–Trinajstić information content (AvgIpc) is 1.61. The molecule has 0 aliphatic carbocycles. The fraction of sp³-hybridized carbons (Fsp3) is 1.00. The molecule has 2 heteroatoms. The first-order valence-corrected chi connectivity index (χ1v) is 2.40. The molecule has 0 radical (unpaired) electrons. The number of unbranched alkanes of at least 4 members (excludes halogenated alkanes) is 1. The number of ether oxygens (including phenoxy) is 1. The van der Waals surface area contributed by atoms with E-state index >= 15 is 0 Å². The Morgan fingerprint density at radius 2 is 2.00 bits per heavy atom. The summed E-state index contributed by atoms with van der Waals surface area (Å²) >= 11 is 0. The van der Waals surface area contributed by atoms with Crippen LogP contribution < -0.4 is 0 Å². The molecule has 0 saturated carbocycles. The van der Waals surface area contributed by atoms with Gasteiger partial charge in [0.15, 0.2) is 0 Å². The molecule has 0 aliphatic heterocycles. The second-order valence-corrected chi connectivity index (χ2v) is 1.35. The molecule has 0 aromatic rings. The third kappa shape index (κ3) is 10.8. The molecule has 0 heterocycles. The topological polar surface area (TPSA) is 9.23 Å². The molecule has 0 amide bonds. The summed E-state index contributed by atoms with van der Waals surface area (Å²) in [6.07, 6.45) is 2.42. The van der Waals surface area contributed by atoms with Crippen LogP contribution in [-0.4, -0.2) is 32.6 Å². The summed E-state index contributed by atoms with van der Waals surface area (Å²) in [6, 6.07) is 0. The van der Waals surface area contributed by atoms with Gasteiger partial charge in [0.05, 0.1) is 0 Å². The van der Waals surface area contributed by atoms with E-state index in [9.17, 15) is 0 Å². The zero-order valence-corrected chi connectivity index (χ0v) is 4.53. The van der Waals surface area contributed by atoms with Gasteiger partial charge in [-0.15, -0.1) is 0 Å². The predicted octanol–water partition coefficient (Wildman–Crippen LogP) is 0.784. The summed E-state index contributed by atoms with van der Waals surface area (Å²) < 4.78 is 4.78. The third-order valence-electron chi connectivity index (χ3n) is 0.702. The predicted molar refractivity (Wildman–Crippen MR) is 33.9 cm³/mol. The fourth-order valence-corrected chi connectivity index (χ4v) is 0.289. The van der Waals surface area contributed by atoms with Gasteiger partial charge in [0.25, 0.3) is 0 Å². The SMILES string of the molecule is CCCCOC.[LiH]. The van der Waals surface area contributed by atoms with Gasteiger partial charge in [-0.3, -0.25) is 0 Å². The minimum absolute atomic E-state index is 0. The minimum atomic E-state index is 0. The fourth-order valence-electron chi connectivity index (χ4n) is 0.289. The van der Waals surface area contributed by atoms with Gasteiger partial charge in [0, 0.05) is 13.7 Å². The molecule has 1 nitrogen and oxygen atoms in total. The number of rotatable bonds is 3. The van der Waals surface area contributed by atoms with E-state index in [2.05, 4.69) is 6.92 Å². The Labute approximate surface area is 57.6 Å². The number of hydrogen-bond donors (Lipinski definition) is 0. The van der Waals surface area contributed by atoms with Crippen molar-refractivity contribution in [3.63, 3.8) is 0 Å². The summed E-state index contributed by atoms with van der Waals surface area (Å²) in [4.78, 5) is 0. The van der Waals surface area contributed by atoms with Crippen molar-refractivity contribution in [3.8, 4) is 0 Å². The molecule has 0 saturated heterocycles. The molecule has 0 atom stereocenters. The molecular weight excluding hydrogens is 83.0 g/mol. The summed E-state index contributed by atoms with van der Waals surface area (Å²) in [7, 11) is 1.73. The summed E-state index contributed by atoms with van der Waals surface area (Å²) in [6.45, 7) is 3.07. The summed E-state index contributed by atoms with van der Waals surface area (Å²) in [5, 5.41) is 0. The van der Waals surface area contributed by atoms with E-state index in [1.807, 2.05) is 0 Å². The van der Waals surface area contributed by atoms with E-state index in [1.165, 1.54) is 12.8 Å². The molecule has 0 unspecified atom stereocenters. The first-order valence-electron chi connectivity index (χ1n) is 2.40. The van der Waals surface area contributed by atoms with Crippen LogP contribution in [0, 0.1) is 0 Å². The number of methoxy groups -OCH3 is 1. The molecule has 7 heavy (non-hydrogen) atoms. The molecule has 0 spiro atoms. The zero-order valence-electron chi connectivity index (χ0n) is 4.53. The first-order chi connectivity index (χ1) is 2.91. The van der Waals surface area contributed by atoms with Gasteiger partial charge < -0.3 is 4.74 Å². The quantitative estimate of drug-likeness (QED) is 0.372. The van der Waals surface area contributed by atoms with Crippen molar-refractivity contribution < 1.29 is 4.74 Å². The molecule has 0 bridgehead atoms. The van der Waals surface area contributed by atoms with Gasteiger partial charge in [0.1, 0.15) is 0 Å². The van der Waals surface area contributed by atoms with Gasteiger partial charge in [0.2, 0.25) is 0 Å². The van der Waals surface area contributed by atoms with E-state index in [-0.39, 0.29) is 18.9 Å². The second-order valence-electron chi connectivity index (χ2n) is 1.35. The Morgan fingerprint density at radius 3 is 2.14 bits per heavy atom. The van der Waals surface area contributed by atoms with Crippen LogP contribution in [0.25, 0.3) is 0 Å². The van der Waals surface area contributed by atoms with Crippen molar-refractivity contribution in [3.05, 3.63) is 0 Å². The third-order valence-corrected chi connectivity index (χ3v) is 0.702. The van der Waals surface area contributed by atoms with Crippen molar-refractivity contribution in [2.75, 3.05) is 13.7 Å². The Balaban J connectivity index is 0. The first kappa shape index (κ1) is 10.5.